The third-order valence-electron chi connectivity index (χ3n) is 5.21. The lowest BCUT2D eigenvalue weighted by Crippen LogP contribution is -2.43. The standard InChI is InChI=1S/C21H23FN6O/c22-17-3-1-2-15(10-17)11-25-21(29)27-18-4-6-19(7-5-18)28-14-16(12-26-28)20-13-23-8-9-24-20/h1-3,8-10,12-14,18-19H,4-7,11H2,(H2,25,27,29). The number of urea groups is 1. The zero-order valence-corrected chi connectivity index (χ0v) is 16.0. The summed E-state index contributed by atoms with van der Waals surface area (Å²) in [4.78, 5) is 20.5. The Hall–Kier alpha value is -3.29. The van der Waals surface area contributed by atoms with Gasteiger partial charge in [-0.2, -0.15) is 5.10 Å². The first-order valence-corrected chi connectivity index (χ1v) is 9.77. The van der Waals surface area contributed by atoms with Crippen LogP contribution in [0.4, 0.5) is 9.18 Å². The van der Waals surface area contributed by atoms with Gasteiger partial charge < -0.3 is 10.6 Å². The molecule has 8 heteroatoms. The Balaban J connectivity index is 1.24. The van der Waals surface area contributed by atoms with Crippen LogP contribution in [-0.2, 0) is 6.54 Å². The molecular formula is C21H23FN6O. The SMILES string of the molecule is O=C(NCc1cccc(F)c1)NC1CCC(n2cc(-c3cnccn3)cn2)CC1. The maximum atomic E-state index is 13.2. The van der Waals surface area contributed by atoms with Crippen LogP contribution < -0.4 is 10.6 Å². The predicted molar refractivity (Wildman–Crippen MR) is 106 cm³/mol. The van der Waals surface area contributed by atoms with Crippen LogP contribution in [0.5, 0.6) is 0 Å². The number of nitrogens with one attached hydrogen (secondary N) is 2. The van der Waals surface area contributed by atoms with Gasteiger partial charge in [-0.05, 0) is 43.4 Å². The van der Waals surface area contributed by atoms with E-state index in [2.05, 4.69) is 25.7 Å². The van der Waals surface area contributed by atoms with Crippen molar-refractivity contribution in [1.29, 1.82) is 0 Å². The average Bonchev–Trinajstić information content (AvgIpc) is 3.24. The van der Waals surface area contributed by atoms with Crippen molar-refractivity contribution in [1.82, 2.24) is 30.4 Å². The second-order valence-electron chi connectivity index (χ2n) is 7.26. The number of carbonyl (C=O) groups is 1. The molecule has 0 radical (unpaired) electrons. The molecule has 1 aliphatic rings. The van der Waals surface area contributed by atoms with Crippen molar-refractivity contribution in [3.63, 3.8) is 0 Å². The molecule has 0 atom stereocenters. The molecule has 7 nitrogen and oxygen atoms in total. The Labute approximate surface area is 168 Å². The lowest BCUT2D eigenvalue weighted by atomic mass is 9.91. The molecule has 0 spiro atoms. The molecule has 1 aromatic carbocycles. The van der Waals surface area contributed by atoms with Gasteiger partial charge in [-0.25, -0.2) is 9.18 Å². The van der Waals surface area contributed by atoms with Crippen LogP contribution >= 0.6 is 0 Å². The summed E-state index contributed by atoms with van der Waals surface area (Å²) in [6, 6.07) is 6.46. The molecule has 0 saturated heterocycles. The van der Waals surface area contributed by atoms with E-state index in [-0.39, 0.29) is 17.9 Å². The van der Waals surface area contributed by atoms with E-state index < -0.39 is 0 Å². The maximum Gasteiger partial charge on any atom is 0.315 e. The lowest BCUT2D eigenvalue weighted by Gasteiger charge is -2.29. The Morgan fingerprint density at radius 2 is 2.03 bits per heavy atom. The second kappa shape index (κ2) is 8.81. The summed E-state index contributed by atoms with van der Waals surface area (Å²) in [7, 11) is 0. The molecular weight excluding hydrogens is 371 g/mol. The average molecular weight is 394 g/mol. The highest BCUT2D eigenvalue weighted by Crippen LogP contribution is 2.29. The fraction of sp³-hybridized carbons (Fsp3) is 0.333. The minimum Gasteiger partial charge on any atom is -0.335 e. The molecule has 1 saturated carbocycles. The van der Waals surface area contributed by atoms with Gasteiger partial charge in [0.25, 0.3) is 0 Å². The third-order valence-corrected chi connectivity index (χ3v) is 5.21. The zero-order chi connectivity index (χ0) is 20.1. The smallest absolute Gasteiger partial charge is 0.315 e. The van der Waals surface area contributed by atoms with E-state index in [1.807, 2.05) is 17.1 Å². The molecule has 2 amide bonds. The van der Waals surface area contributed by atoms with Gasteiger partial charge >= 0.3 is 6.03 Å². The van der Waals surface area contributed by atoms with Crippen molar-refractivity contribution in [2.24, 2.45) is 0 Å². The van der Waals surface area contributed by atoms with E-state index in [1.54, 1.807) is 30.7 Å². The fourth-order valence-electron chi connectivity index (χ4n) is 3.67. The summed E-state index contributed by atoms with van der Waals surface area (Å²) < 4.78 is 15.2. The normalized spacial score (nSPS) is 18.9. The molecule has 1 fully saturated rings. The molecule has 3 aromatic rings. The Morgan fingerprint density at radius 3 is 2.79 bits per heavy atom. The highest BCUT2D eigenvalue weighted by molar-refractivity contribution is 5.74. The minimum absolute atomic E-state index is 0.133. The van der Waals surface area contributed by atoms with Gasteiger partial charge in [-0.1, -0.05) is 12.1 Å². The second-order valence-corrected chi connectivity index (χ2v) is 7.26. The van der Waals surface area contributed by atoms with Crippen molar-refractivity contribution < 1.29 is 9.18 Å². The Kier molecular flexibility index (Phi) is 5.79. The van der Waals surface area contributed by atoms with E-state index in [9.17, 15) is 9.18 Å². The van der Waals surface area contributed by atoms with Crippen LogP contribution in [0.3, 0.4) is 0 Å². The summed E-state index contributed by atoms with van der Waals surface area (Å²) in [6.07, 6.45) is 12.5. The number of hydrogen-bond donors (Lipinski definition) is 2. The minimum atomic E-state index is -0.302. The van der Waals surface area contributed by atoms with Crippen molar-refractivity contribution >= 4 is 6.03 Å². The lowest BCUT2D eigenvalue weighted by molar-refractivity contribution is 0.225. The number of carbonyl (C=O) groups excluding carboxylic acids is 1. The maximum absolute atomic E-state index is 13.2. The van der Waals surface area contributed by atoms with Crippen molar-refractivity contribution in [3.8, 4) is 11.3 Å². The van der Waals surface area contributed by atoms with Crippen LogP contribution in [0.2, 0.25) is 0 Å². The molecule has 2 aromatic heterocycles. The van der Waals surface area contributed by atoms with Gasteiger partial charge in [0.2, 0.25) is 0 Å². The fourth-order valence-corrected chi connectivity index (χ4v) is 3.67. The van der Waals surface area contributed by atoms with Gasteiger partial charge in [0.1, 0.15) is 5.82 Å². The number of benzene rings is 1. The summed E-state index contributed by atoms with van der Waals surface area (Å²) in [6.45, 7) is 0.303. The van der Waals surface area contributed by atoms with Crippen molar-refractivity contribution in [2.45, 2.75) is 44.3 Å². The summed E-state index contributed by atoms with van der Waals surface area (Å²) >= 11 is 0. The molecule has 0 bridgehead atoms. The number of hydrogen-bond acceptors (Lipinski definition) is 4. The van der Waals surface area contributed by atoms with Crippen LogP contribution in [-0.4, -0.2) is 31.8 Å². The van der Waals surface area contributed by atoms with Gasteiger partial charge in [0.05, 0.1) is 24.1 Å². The van der Waals surface area contributed by atoms with Gasteiger partial charge in [-0.15, -0.1) is 0 Å². The molecule has 150 valence electrons. The molecule has 0 aliphatic heterocycles. The van der Waals surface area contributed by atoms with E-state index in [0.29, 0.717) is 12.6 Å². The highest BCUT2D eigenvalue weighted by atomic mass is 19.1. The molecule has 1 aliphatic carbocycles. The molecule has 4 rings (SSSR count). The number of aromatic nitrogens is 4. The Morgan fingerprint density at radius 1 is 1.17 bits per heavy atom. The monoisotopic (exact) mass is 394 g/mol. The number of amides is 2. The van der Waals surface area contributed by atoms with E-state index in [0.717, 1.165) is 42.5 Å². The van der Waals surface area contributed by atoms with Crippen LogP contribution in [0.25, 0.3) is 11.3 Å². The zero-order valence-electron chi connectivity index (χ0n) is 16.0. The molecule has 2 N–H and O–H groups in total. The topological polar surface area (TPSA) is 84.7 Å². The largest absolute Gasteiger partial charge is 0.335 e. The van der Waals surface area contributed by atoms with Gasteiger partial charge in [-0.3, -0.25) is 14.6 Å². The van der Waals surface area contributed by atoms with Gasteiger partial charge in [0.15, 0.2) is 0 Å². The first-order chi connectivity index (χ1) is 14.2. The van der Waals surface area contributed by atoms with E-state index in [4.69, 9.17) is 0 Å². The predicted octanol–water partition coefficient (Wildman–Crippen LogP) is 3.46. The van der Waals surface area contributed by atoms with Crippen molar-refractivity contribution in [2.75, 3.05) is 0 Å². The highest BCUT2D eigenvalue weighted by Gasteiger charge is 2.24. The molecule has 29 heavy (non-hydrogen) atoms. The quantitative estimate of drug-likeness (QED) is 0.694. The van der Waals surface area contributed by atoms with E-state index in [1.165, 1.54) is 12.1 Å². The third kappa shape index (κ3) is 4.96. The number of nitrogens with zero attached hydrogens (tertiary/aromatic N) is 4. The van der Waals surface area contributed by atoms with Gasteiger partial charge in [0, 0.05) is 36.7 Å². The first kappa shape index (κ1) is 19.0. The Bertz CT molecular complexity index is 953. The number of rotatable bonds is 5. The molecule has 2 heterocycles. The molecule has 0 unspecified atom stereocenters. The number of halogens is 1. The summed E-state index contributed by atoms with van der Waals surface area (Å²) in [5.74, 6) is -0.302. The van der Waals surface area contributed by atoms with E-state index >= 15 is 0 Å². The first-order valence-electron chi connectivity index (χ1n) is 9.77. The summed E-state index contributed by atoms with van der Waals surface area (Å²) in [5.41, 5.74) is 2.50. The van der Waals surface area contributed by atoms with Crippen LogP contribution in [0.1, 0.15) is 37.3 Å². The van der Waals surface area contributed by atoms with Crippen LogP contribution in [0, 0.1) is 5.82 Å². The van der Waals surface area contributed by atoms with Crippen molar-refractivity contribution in [3.05, 3.63) is 66.6 Å². The summed E-state index contributed by atoms with van der Waals surface area (Å²) in [5, 5.41) is 10.3. The van der Waals surface area contributed by atoms with Crippen LogP contribution in [0.15, 0.2) is 55.2 Å².